The van der Waals surface area contributed by atoms with Crippen LogP contribution in [0.5, 0.6) is 0 Å². The molecule has 88 valence electrons. The van der Waals surface area contributed by atoms with E-state index in [0.29, 0.717) is 6.04 Å². The van der Waals surface area contributed by atoms with Crippen LogP contribution in [0.1, 0.15) is 13.3 Å². The summed E-state index contributed by atoms with van der Waals surface area (Å²) in [5, 5.41) is 0. The van der Waals surface area contributed by atoms with Gasteiger partial charge >= 0.3 is 0 Å². The number of carbonyl (C=O) groups excluding carboxylic acids is 1. The maximum atomic E-state index is 12.0. The molecule has 1 amide bonds. The average Bonchev–Trinajstić information content (AvgIpc) is 2.25. The highest BCUT2D eigenvalue weighted by Crippen LogP contribution is 2.17. The molecule has 0 aromatic carbocycles. The van der Waals surface area contributed by atoms with Crippen LogP contribution < -0.4 is 5.73 Å². The van der Waals surface area contributed by atoms with Gasteiger partial charge in [-0.15, -0.1) is 0 Å². The minimum absolute atomic E-state index is 0.136. The van der Waals surface area contributed by atoms with Crippen molar-refractivity contribution in [2.75, 3.05) is 30.1 Å². The van der Waals surface area contributed by atoms with E-state index in [-0.39, 0.29) is 11.9 Å². The molecule has 0 bridgehead atoms. The van der Waals surface area contributed by atoms with Gasteiger partial charge in [0.15, 0.2) is 0 Å². The number of nitrogens with two attached hydrogens (primary N) is 1. The van der Waals surface area contributed by atoms with Crippen LogP contribution in [-0.2, 0) is 4.79 Å². The van der Waals surface area contributed by atoms with Gasteiger partial charge in [-0.3, -0.25) is 4.79 Å². The number of nitrogens with zero attached hydrogens (tertiary/aromatic N) is 1. The maximum Gasteiger partial charge on any atom is 0.239 e. The molecule has 1 aliphatic heterocycles. The Morgan fingerprint density at radius 2 is 2.47 bits per heavy atom. The van der Waals surface area contributed by atoms with Gasteiger partial charge in [-0.25, -0.2) is 0 Å². The van der Waals surface area contributed by atoms with Crippen LogP contribution in [0, 0.1) is 0 Å². The van der Waals surface area contributed by atoms with Crippen molar-refractivity contribution in [1.82, 2.24) is 4.90 Å². The van der Waals surface area contributed by atoms with Gasteiger partial charge in [0.05, 0.1) is 6.04 Å². The zero-order chi connectivity index (χ0) is 11.3. The third-order valence-corrected chi connectivity index (χ3v) is 4.43. The van der Waals surface area contributed by atoms with Gasteiger partial charge in [0.25, 0.3) is 0 Å². The van der Waals surface area contributed by atoms with E-state index < -0.39 is 0 Å². The Balaban J connectivity index is 2.43. The number of hydrogen-bond acceptors (Lipinski definition) is 4. The monoisotopic (exact) mass is 248 g/mol. The molecule has 5 heteroatoms. The molecule has 1 heterocycles. The summed E-state index contributed by atoms with van der Waals surface area (Å²) in [6.45, 7) is 2.96. The number of carbonyl (C=O) groups is 1. The summed E-state index contributed by atoms with van der Waals surface area (Å²) in [5.41, 5.74) is 5.89. The summed E-state index contributed by atoms with van der Waals surface area (Å²) in [7, 11) is 0. The lowest BCUT2D eigenvalue weighted by Crippen LogP contribution is -2.51. The highest BCUT2D eigenvalue weighted by molar-refractivity contribution is 7.99. The lowest BCUT2D eigenvalue weighted by molar-refractivity contribution is -0.134. The Bertz CT molecular complexity index is 214. The summed E-state index contributed by atoms with van der Waals surface area (Å²) < 4.78 is 0. The first kappa shape index (κ1) is 13.2. The van der Waals surface area contributed by atoms with E-state index in [1.54, 1.807) is 11.8 Å². The summed E-state index contributed by atoms with van der Waals surface area (Å²) in [5.74, 6) is 3.19. The molecule has 2 N–H and O–H groups in total. The minimum atomic E-state index is -0.303. The Kier molecular flexibility index (Phi) is 5.86. The van der Waals surface area contributed by atoms with Crippen LogP contribution >= 0.6 is 23.5 Å². The molecule has 15 heavy (non-hydrogen) atoms. The van der Waals surface area contributed by atoms with E-state index in [1.807, 2.05) is 22.9 Å². The Hall–Kier alpha value is 0.130. The normalized spacial score (nSPS) is 23.9. The van der Waals surface area contributed by atoms with Crippen LogP contribution in [0.2, 0.25) is 0 Å². The van der Waals surface area contributed by atoms with Gasteiger partial charge in [0, 0.05) is 24.1 Å². The molecule has 0 aliphatic carbocycles. The molecule has 1 rings (SSSR count). The zero-order valence-electron chi connectivity index (χ0n) is 9.44. The Morgan fingerprint density at radius 3 is 3.07 bits per heavy atom. The van der Waals surface area contributed by atoms with Gasteiger partial charge in [-0.05, 0) is 25.4 Å². The summed E-state index contributed by atoms with van der Waals surface area (Å²) in [6.07, 6.45) is 2.83. The number of amides is 1. The van der Waals surface area contributed by atoms with E-state index in [4.69, 9.17) is 5.73 Å². The topological polar surface area (TPSA) is 46.3 Å². The van der Waals surface area contributed by atoms with Crippen LogP contribution in [0.4, 0.5) is 0 Å². The lowest BCUT2D eigenvalue weighted by atomic mass is 10.2. The SMILES string of the molecule is CSCC[C@H](N)C(=O)N1CCSCC1C. The van der Waals surface area contributed by atoms with Crippen molar-refractivity contribution >= 4 is 29.4 Å². The largest absolute Gasteiger partial charge is 0.337 e. The highest BCUT2D eigenvalue weighted by Gasteiger charge is 2.26. The fraction of sp³-hybridized carbons (Fsp3) is 0.900. The molecule has 0 spiro atoms. The second kappa shape index (κ2) is 6.66. The van der Waals surface area contributed by atoms with Crippen LogP contribution in [0.25, 0.3) is 0 Å². The standard InChI is InChI=1S/C10H20N2OS2/c1-8-7-15-6-4-12(8)10(13)9(11)3-5-14-2/h8-9H,3-7,11H2,1-2H3/t8?,9-/m0/s1. The predicted octanol–water partition coefficient (Wildman–Crippen LogP) is 1.03. The fourth-order valence-corrected chi connectivity index (χ4v) is 3.14. The third kappa shape index (κ3) is 3.89. The van der Waals surface area contributed by atoms with Crippen molar-refractivity contribution in [3.05, 3.63) is 0 Å². The van der Waals surface area contributed by atoms with Crippen molar-refractivity contribution in [3.8, 4) is 0 Å². The Morgan fingerprint density at radius 1 is 1.73 bits per heavy atom. The molecule has 0 saturated carbocycles. The van der Waals surface area contributed by atoms with Crippen LogP contribution in [-0.4, -0.2) is 52.9 Å². The first-order chi connectivity index (χ1) is 7.16. The molecule has 0 aromatic heterocycles. The van der Waals surface area contributed by atoms with Gasteiger partial charge in [0.1, 0.15) is 0 Å². The molecule has 1 fully saturated rings. The number of rotatable bonds is 4. The summed E-state index contributed by atoms with van der Waals surface area (Å²) in [6, 6.07) is 0.0413. The van der Waals surface area contributed by atoms with E-state index in [0.717, 1.165) is 30.2 Å². The zero-order valence-corrected chi connectivity index (χ0v) is 11.1. The average molecular weight is 248 g/mol. The molecule has 2 atom stereocenters. The van der Waals surface area contributed by atoms with Gasteiger partial charge in [-0.2, -0.15) is 23.5 Å². The summed E-state index contributed by atoms with van der Waals surface area (Å²) in [4.78, 5) is 13.9. The molecule has 1 saturated heterocycles. The molecule has 0 radical (unpaired) electrons. The molecule has 3 nitrogen and oxygen atoms in total. The lowest BCUT2D eigenvalue weighted by Gasteiger charge is -2.34. The smallest absolute Gasteiger partial charge is 0.239 e. The second-order valence-electron chi connectivity index (χ2n) is 3.84. The first-order valence-electron chi connectivity index (χ1n) is 5.29. The molecule has 1 aliphatic rings. The van der Waals surface area contributed by atoms with Crippen molar-refractivity contribution in [2.45, 2.75) is 25.4 Å². The quantitative estimate of drug-likeness (QED) is 0.807. The fourth-order valence-electron chi connectivity index (χ4n) is 1.64. The van der Waals surface area contributed by atoms with Gasteiger partial charge in [0.2, 0.25) is 5.91 Å². The number of thioether (sulfide) groups is 2. The van der Waals surface area contributed by atoms with Crippen molar-refractivity contribution < 1.29 is 4.79 Å². The molecular formula is C10H20N2OS2. The van der Waals surface area contributed by atoms with Crippen LogP contribution in [0.15, 0.2) is 0 Å². The first-order valence-corrected chi connectivity index (χ1v) is 7.84. The highest BCUT2D eigenvalue weighted by atomic mass is 32.2. The third-order valence-electron chi connectivity index (χ3n) is 2.60. The van der Waals surface area contributed by atoms with E-state index in [1.165, 1.54) is 0 Å². The second-order valence-corrected chi connectivity index (χ2v) is 5.98. The van der Waals surface area contributed by atoms with Crippen molar-refractivity contribution in [1.29, 1.82) is 0 Å². The van der Waals surface area contributed by atoms with Gasteiger partial charge < -0.3 is 10.6 Å². The van der Waals surface area contributed by atoms with E-state index in [2.05, 4.69) is 6.92 Å². The van der Waals surface area contributed by atoms with E-state index >= 15 is 0 Å². The van der Waals surface area contributed by atoms with Crippen molar-refractivity contribution in [2.24, 2.45) is 5.73 Å². The summed E-state index contributed by atoms with van der Waals surface area (Å²) >= 11 is 3.65. The maximum absolute atomic E-state index is 12.0. The molecule has 0 aromatic rings. The van der Waals surface area contributed by atoms with Gasteiger partial charge in [-0.1, -0.05) is 0 Å². The minimum Gasteiger partial charge on any atom is -0.337 e. The van der Waals surface area contributed by atoms with Crippen molar-refractivity contribution in [3.63, 3.8) is 0 Å². The predicted molar refractivity (Wildman–Crippen MR) is 69.5 cm³/mol. The Labute approximate surface area is 101 Å². The van der Waals surface area contributed by atoms with Crippen LogP contribution in [0.3, 0.4) is 0 Å². The number of hydrogen-bond donors (Lipinski definition) is 1. The molecular weight excluding hydrogens is 228 g/mol. The van der Waals surface area contributed by atoms with E-state index in [9.17, 15) is 4.79 Å². The molecule has 1 unspecified atom stereocenters.